The number of amides is 1. The van der Waals surface area contributed by atoms with Gasteiger partial charge in [-0.1, -0.05) is 0 Å². The zero-order valence-corrected chi connectivity index (χ0v) is 17.3. The molecule has 8 heteroatoms. The summed E-state index contributed by atoms with van der Waals surface area (Å²) in [6.07, 6.45) is 0. The van der Waals surface area contributed by atoms with Crippen molar-refractivity contribution in [3.63, 3.8) is 0 Å². The van der Waals surface area contributed by atoms with Crippen LogP contribution in [-0.4, -0.2) is 34.0 Å². The number of nitrogens with one attached hydrogen (secondary N) is 1. The highest BCUT2D eigenvalue weighted by Crippen LogP contribution is 2.37. The summed E-state index contributed by atoms with van der Waals surface area (Å²) in [6.45, 7) is 0.206. The van der Waals surface area contributed by atoms with Crippen molar-refractivity contribution in [1.29, 1.82) is 0 Å². The van der Waals surface area contributed by atoms with Crippen molar-refractivity contribution in [2.45, 2.75) is 0 Å². The number of fused-ring (bicyclic) bond motifs is 1. The number of carbonyl (C=O) groups is 1. The molecule has 0 aromatic heterocycles. The summed E-state index contributed by atoms with van der Waals surface area (Å²) in [5, 5.41) is 2.84. The normalized spacial score (nSPS) is 11.6. The maximum absolute atomic E-state index is 12.8. The molecule has 1 heterocycles. The molecule has 31 heavy (non-hydrogen) atoms. The average Bonchev–Trinajstić information content (AvgIpc) is 3.27. The molecule has 4 rings (SSSR count). The summed E-state index contributed by atoms with van der Waals surface area (Å²) in [5.74, 6) is 3.50. The van der Waals surface area contributed by atoms with Gasteiger partial charge in [-0.15, -0.1) is 0 Å². The Morgan fingerprint density at radius 1 is 0.774 bits per heavy atom. The van der Waals surface area contributed by atoms with E-state index in [4.69, 9.17) is 28.4 Å². The molecule has 0 fully saturated rings. The highest BCUT2D eigenvalue weighted by Gasteiger charge is 2.18. The van der Waals surface area contributed by atoms with Gasteiger partial charge in [0.05, 0.1) is 26.9 Å². The van der Waals surface area contributed by atoms with Crippen molar-refractivity contribution >= 4 is 11.6 Å². The first-order valence-corrected chi connectivity index (χ1v) is 9.40. The average molecular weight is 423 g/mol. The van der Waals surface area contributed by atoms with Gasteiger partial charge in [0.1, 0.15) is 17.2 Å². The number of benzene rings is 3. The van der Waals surface area contributed by atoms with E-state index >= 15 is 0 Å². The summed E-state index contributed by atoms with van der Waals surface area (Å²) < 4.78 is 32.4. The van der Waals surface area contributed by atoms with Crippen molar-refractivity contribution < 1.29 is 33.2 Å². The van der Waals surface area contributed by atoms with E-state index in [1.54, 1.807) is 54.6 Å². The van der Waals surface area contributed by atoms with E-state index < -0.39 is 0 Å². The molecule has 1 N–H and O–H groups in total. The van der Waals surface area contributed by atoms with E-state index in [9.17, 15) is 4.79 Å². The molecular formula is C23H21NO7. The van der Waals surface area contributed by atoms with Crippen LogP contribution in [0.4, 0.5) is 5.69 Å². The minimum absolute atomic E-state index is 0.206. The third-order valence-corrected chi connectivity index (χ3v) is 4.64. The Kier molecular flexibility index (Phi) is 5.70. The van der Waals surface area contributed by atoms with Gasteiger partial charge in [0.25, 0.3) is 5.91 Å². The van der Waals surface area contributed by atoms with Gasteiger partial charge in [-0.05, 0) is 36.4 Å². The molecule has 160 valence electrons. The van der Waals surface area contributed by atoms with Gasteiger partial charge in [0, 0.05) is 23.9 Å². The molecule has 1 amide bonds. The lowest BCUT2D eigenvalue weighted by Gasteiger charge is -2.14. The van der Waals surface area contributed by atoms with Crippen molar-refractivity contribution in [3.8, 4) is 40.2 Å². The molecule has 0 saturated heterocycles. The SMILES string of the molecule is COc1cc(OC)c(C(=O)Nc2ccc(Oc3ccc4c(c3)OCO4)cc2)cc1OC. The number of methoxy groups -OCH3 is 3. The maximum Gasteiger partial charge on any atom is 0.259 e. The third kappa shape index (κ3) is 4.28. The zero-order valence-electron chi connectivity index (χ0n) is 17.3. The van der Waals surface area contributed by atoms with Crippen molar-refractivity contribution in [1.82, 2.24) is 0 Å². The smallest absolute Gasteiger partial charge is 0.259 e. The Labute approximate surface area is 179 Å². The first-order chi connectivity index (χ1) is 15.1. The lowest BCUT2D eigenvalue weighted by atomic mass is 10.1. The Hall–Kier alpha value is -4.07. The fourth-order valence-corrected chi connectivity index (χ4v) is 3.09. The second-order valence-corrected chi connectivity index (χ2v) is 6.50. The van der Waals surface area contributed by atoms with E-state index in [-0.39, 0.29) is 12.7 Å². The molecule has 0 saturated carbocycles. The van der Waals surface area contributed by atoms with Gasteiger partial charge in [-0.3, -0.25) is 4.79 Å². The summed E-state index contributed by atoms with van der Waals surface area (Å²) in [4.78, 5) is 12.8. The van der Waals surface area contributed by atoms with E-state index in [1.807, 2.05) is 0 Å². The fourth-order valence-electron chi connectivity index (χ4n) is 3.09. The number of ether oxygens (including phenoxy) is 6. The first-order valence-electron chi connectivity index (χ1n) is 9.40. The monoisotopic (exact) mass is 423 g/mol. The lowest BCUT2D eigenvalue weighted by molar-refractivity contribution is 0.102. The summed E-state index contributed by atoms with van der Waals surface area (Å²) in [7, 11) is 4.51. The Morgan fingerprint density at radius 3 is 2.13 bits per heavy atom. The van der Waals surface area contributed by atoms with Crippen LogP contribution in [0.1, 0.15) is 10.4 Å². The highest BCUT2D eigenvalue weighted by atomic mass is 16.7. The molecule has 3 aromatic rings. The van der Waals surface area contributed by atoms with Crippen LogP contribution in [0, 0.1) is 0 Å². The van der Waals surface area contributed by atoms with Gasteiger partial charge >= 0.3 is 0 Å². The summed E-state index contributed by atoms with van der Waals surface area (Å²) >= 11 is 0. The molecule has 0 atom stereocenters. The number of carbonyl (C=O) groups excluding carboxylic acids is 1. The van der Waals surface area contributed by atoms with Crippen LogP contribution >= 0.6 is 0 Å². The quantitative estimate of drug-likeness (QED) is 0.600. The largest absolute Gasteiger partial charge is 0.496 e. The molecule has 0 unspecified atom stereocenters. The molecule has 0 aliphatic carbocycles. The Balaban J connectivity index is 1.47. The minimum Gasteiger partial charge on any atom is -0.496 e. The van der Waals surface area contributed by atoms with Gasteiger partial charge in [-0.2, -0.15) is 0 Å². The van der Waals surface area contributed by atoms with E-state index in [2.05, 4.69) is 5.32 Å². The van der Waals surface area contributed by atoms with Crippen LogP contribution in [-0.2, 0) is 0 Å². The molecule has 0 radical (unpaired) electrons. The number of hydrogen-bond acceptors (Lipinski definition) is 7. The van der Waals surface area contributed by atoms with E-state index in [1.165, 1.54) is 21.3 Å². The summed E-state index contributed by atoms with van der Waals surface area (Å²) in [6, 6.07) is 15.5. The number of rotatable bonds is 7. The van der Waals surface area contributed by atoms with Gasteiger partial charge in [0.2, 0.25) is 6.79 Å². The van der Waals surface area contributed by atoms with Gasteiger partial charge in [-0.25, -0.2) is 0 Å². The number of anilines is 1. The molecule has 1 aliphatic rings. The van der Waals surface area contributed by atoms with Crippen LogP contribution in [0.3, 0.4) is 0 Å². The second kappa shape index (κ2) is 8.74. The molecule has 8 nitrogen and oxygen atoms in total. The molecule has 0 spiro atoms. The predicted octanol–water partition coefficient (Wildman–Crippen LogP) is 4.49. The van der Waals surface area contributed by atoms with E-state index in [0.29, 0.717) is 51.5 Å². The Bertz CT molecular complexity index is 1100. The standard InChI is InChI=1S/C23H21NO7/c1-26-19-12-21(28-3)20(27-2)11-17(19)23(25)24-14-4-6-15(7-5-14)31-16-8-9-18-22(10-16)30-13-29-18/h4-12H,13H2,1-3H3,(H,24,25). The molecule has 3 aromatic carbocycles. The lowest BCUT2D eigenvalue weighted by Crippen LogP contribution is -2.13. The molecule has 0 bridgehead atoms. The first kappa shape index (κ1) is 20.2. The van der Waals surface area contributed by atoms with Crippen LogP contribution in [0.15, 0.2) is 54.6 Å². The minimum atomic E-state index is -0.345. The van der Waals surface area contributed by atoms with Crippen molar-refractivity contribution in [2.24, 2.45) is 0 Å². The fraction of sp³-hybridized carbons (Fsp3) is 0.174. The van der Waals surface area contributed by atoms with Crippen molar-refractivity contribution in [3.05, 3.63) is 60.2 Å². The Morgan fingerprint density at radius 2 is 1.42 bits per heavy atom. The third-order valence-electron chi connectivity index (χ3n) is 4.64. The topological polar surface area (TPSA) is 84.5 Å². The summed E-state index contributed by atoms with van der Waals surface area (Å²) in [5.41, 5.74) is 0.917. The highest BCUT2D eigenvalue weighted by molar-refractivity contribution is 6.06. The van der Waals surface area contributed by atoms with Gasteiger partial charge < -0.3 is 33.7 Å². The maximum atomic E-state index is 12.8. The van der Waals surface area contributed by atoms with Crippen LogP contribution in [0.5, 0.6) is 40.2 Å². The predicted molar refractivity (Wildman–Crippen MR) is 113 cm³/mol. The van der Waals surface area contributed by atoms with Crippen LogP contribution in [0.25, 0.3) is 0 Å². The molecular weight excluding hydrogens is 402 g/mol. The van der Waals surface area contributed by atoms with Gasteiger partial charge in [0.15, 0.2) is 23.0 Å². The van der Waals surface area contributed by atoms with E-state index in [0.717, 1.165) is 0 Å². The zero-order chi connectivity index (χ0) is 21.8. The van der Waals surface area contributed by atoms with Crippen LogP contribution in [0.2, 0.25) is 0 Å². The molecule has 1 aliphatic heterocycles. The van der Waals surface area contributed by atoms with Crippen molar-refractivity contribution in [2.75, 3.05) is 33.4 Å². The number of hydrogen-bond donors (Lipinski definition) is 1. The van der Waals surface area contributed by atoms with Crippen LogP contribution < -0.4 is 33.7 Å². The second-order valence-electron chi connectivity index (χ2n) is 6.50.